The lowest BCUT2D eigenvalue weighted by atomic mass is 9.72. The predicted molar refractivity (Wildman–Crippen MR) is 78.1 cm³/mol. The van der Waals surface area contributed by atoms with Gasteiger partial charge in [0.1, 0.15) is 6.61 Å². The fourth-order valence-corrected chi connectivity index (χ4v) is 2.48. The van der Waals surface area contributed by atoms with Crippen molar-refractivity contribution < 1.29 is 5.11 Å². The summed E-state index contributed by atoms with van der Waals surface area (Å²) >= 11 is 0. The molecule has 1 nitrogen and oxygen atoms in total. The Balaban J connectivity index is 2.85. The minimum absolute atomic E-state index is 0.0786. The number of rotatable bonds is 2. The summed E-state index contributed by atoms with van der Waals surface area (Å²) < 4.78 is 0. The lowest BCUT2D eigenvalue weighted by Crippen LogP contribution is -2.19. The highest BCUT2D eigenvalue weighted by Gasteiger charge is 2.26. The third-order valence-electron chi connectivity index (χ3n) is 3.54. The highest BCUT2D eigenvalue weighted by atomic mass is 16.2. The summed E-state index contributed by atoms with van der Waals surface area (Å²) in [5.74, 6) is 5.45. The Morgan fingerprint density at radius 3 is 2.78 bits per heavy atom. The van der Waals surface area contributed by atoms with Crippen molar-refractivity contribution >= 4 is 0 Å². The van der Waals surface area contributed by atoms with Crippen LogP contribution in [0.15, 0.2) is 34.9 Å². The van der Waals surface area contributed by atoms with Crippen LogP contribution in [0.3, 0.4) is 0 Å². The van der Waals surface area contributed by atoms with Gasteiger partial charge in [0.15, 0.2) is 0 Å². The first-order chi connectivity index (χ1) is 8.47. The highest BCUT2D eigenvalue weighted by Crippen LogP contribution is 2.40. The van der Waals surface area contributed by atoms with Gasteiger partial charge in [-0.1, -0.05) is 43.4 Å². The Labute approximate surface area is 111 Å². The van der Waals surface area contributed by atoms with Gasteiger partial charge >= 0.3 is 0 Å². The van der Waals surface area contributed by atoms with Crippen molar-refractivity contribution in [3.8, 4) is 11.8 Å². The van der Waals surface area contributed by atoms with Crippen molar-refractivity contribution in [2.45, 2.75) is 47.0 Å². The van der Waals surface area contributed by atoms with Crippen LogP contribution in [0.25, 0.3) is 0 Å². The van der Waals surface area contributed by atoms with Crippen LogP contribution in [0.4, 0.5) is 0 Å². The lowest BCUT2D eigenvalue weighted by Gasteiger charge is -2.32. The fraction of sp³-hybridized carbons (Fsp3) is 0.529. The van der Waals surface area contributed by atoms with Crippen LogP contribution in [0.5, 0.6) is 0 Å². The zero-order valence-corrected chi connectivity index (χ0v) is 12.0. The molecule has 1 rings (SSSR count). The van der Waals surface area contributed by atoms with E-state index in [1.807, 2.05) is 13.0 Å². The van der Waals surface area contributed by atoms with Crippen molar-refractivity contribution in [2.24, 2.45) is 5.41 Å². The van der Waals surface area contributed by atoms with Crippen molar-refractivity contribution in [2.75, 3.05) is 6.61 Å². The van der Waals surface area contributed by atoms with Gasteiger partial charge < -0.3 is 5.11 Å². The summed E-state index contributed by atoms with van der Waals surface area (Å²) in [6.07, 6.45) is 9.98. The molecule has 0 fully saturated rings. The first kappa shape index (κ1) is 14.8. The molecule has 1 aliphatic carbocycles. The van der Waals surface area contributed by atoms with Gasteiger partial charge in [0.05, 0.1) is 0 Å². The predicted octanol–water partition coefficient (Wildman–Crippen LogP) is 4.01. The lowest BCUT2D eigenvalue weighted by molar-refractivity contribution is 0.350. The molecule has 0 amide bonds. The standard InChI is InChI=1S/C17H24O/c1-14(8-5-6-13-18)10-11-16-15(2)9-7-12-17(16,3)4/h8,10-11,18H,7,9,12-13H2,1-4H3/b11-10+,14-8+. The average molecular weight is 244 g/mol. The highest BCUT2D eigenvalue weighted by molar-refractivity contribution is 5.37. The summed E-state index contributed by atoms with van der Waals surface area (Å²) in [5, 5.41) is 8.59. The topological polar surface area (TPSA) is 20.2 Å². The quantitative estimate of drug-likeness (QED) is 0.575. The Morgan fingerprint density at radius 1 is 1.44 bits per heavy atom. The van der Waals surface area contributed by atoms with E-state index in [9.17, 15) is 0 Å². The Kier molecular flexibility index (Phi) is 5.44. The summed E-state index contributed by atoms with van der Waals surface area (Å²) in [4.78, 5) is 0. The summed E-state index contributed by atoms with van der Waals surface area (Å²) in [5.41, 5.74) is 4.39. The van der Waals surface area contributed by atoms with E-state index >= 15 is 0 Å². The van der Waals surface area contributed by atoms with Crippen LogP contribution in [0, 0.1) is 17.3 Å². The monoisotopic (exact) mass is 244 g/mol. The molecule has 0 spiro atoms. The van der Waals surface area contributed by atoms with Crippen molar-refractivity contribution in [3.05, 3.63) is 34.9 Å². The average Bonchev–Trinajstić information content (AvgIpc) is 2.28. The van der Waals surface area contributed by atoms with Gasteiger partial charge in [-0.2, -0.15) is 0 Å². The largest absolute Gasteiger partial charge is 0.384 e. The molecule has 0 heterocycles. The molecule has 18 heavy (non-hydrogen) atoms. The Bertz CT molecular complexity index is 436. The summed E-state index contributed by atoms with van der Waals surface area (Å²) in [6, 6.07) is 0. The molecule has 0 aliphatic heterocycles. The van der Waals surface area contributed by atoms with E-state index in [-0.39, 0.29) is 12.0 Å². The second-order valence-corrected chi connectivity index (χ2v) is 5.63. The van der Waals surface area contributed by atoms with Crippen LogP contribution in [-0.4, -0.2) is 11.7 Å². The van der Waals surface area contributed by atoms with Gasteiger partial charge in [-0.05, 0) is 55.7 Å². The van der Waals surface area contributed by atoms with Crippen LogP contribution < -0.4 is 0 Å². The van der Waals surface area contributed by atoms with Crippen molar-refractivity contribution in [1.29, 1.82) is 0 Å². The zero-order valence-electron chi connectivity index (χ0n) is 12.0. The van der Waals surface area contributed by atoms with E-state index in [1.54, 1.807) is 0 Å². The third kappa shape index (κ3) is 4.20. The van der Waals surface area contributed by atoms with E-state index in [2.05, 4.69) is 44.8 Å². The molecule has 0 saturated carbocycles. The van der Waals surface area contributed by atoms with E-state index in [4.69, 9.17) is 5.11 Å². The molecule has 0 aromatic carbocycles. The molecule has 0 unspecified atom stereocenters. The molecule has 0 aromatic heterocycles. The smallest absolute Gasteiger partial charge is 0.104 e. The van der Waals surface area contributed by atoms with E-state index in [0.717, 1.165) is 5.57 Å². The molecule has 0 bridgehead atoms. The molecule has 0 saturated heterocycles. The molecule has 1 N–H and O–H groups in total. The van der Waals surface area contributed by atoms with Gasteiger partial charge in [0.25, 0.3) is 0 Å². The summed E-state index contributed by atoms with van der Waals surface area (Å²) in [6.45, 7) is 8.84. The number of hydrogen-bond acceptors (Lipinski definition) is 1. The number of aliphatic hydroxyl groups is 1. The van der Waals surface area contributed by atoms with E-state index < -0.39 is 0 Å². The van der Waals surface area contributed by atoms with Gasteiger partial charge in [0, 0.05) is 0 Å². The van der Waals surface area contributed by atoms with E-state index in [1.165, 1.54) is 30.4 Å². The first-order valence-electron chi connectivity index (χ1n) is 6.61. The van der Waals surface area contributed by atoms with Crippen molar-refractivity contribution in [1.82, 2.24) is 0 Å². The SMILES string of the molecule is CC1=C(/C=C/C(C)=C/C#CCO)C(C)(C)CCC1. The van der Waals surface area contributed by atoms with Gasteiger partial charge in [-0.3, -0.25) is 0 Å². The van der Waals surface area contributed by atoms with E-state index in [0.29, 0.717) is 0 Å². The Hall–Kier alpha value is -1.26. The third-order valence-corrected chi connectivity index (χ3v) is 3.54. The molecular formula is C17H24O. The minimum Gasteiger partial charge on any atom is -0.384 e. The molecule has 0 radical (unpaired) electrons. The normalized spacial score (nSPS) is 19.9. The summed E-state index contributed by atoms with van der Waals surface area (Å²) in [7, 11) is 0. The maximum absolute atomic E-state index is 8.59. The van der Waals surface area contributed by atoms with Gasteiger partial charge in [-0.15, -0.1) is 0 Å². The maximum Gasteiger partial charge on any atom is 0.104 e. The van der Waals surface area contributed by atoms with Crippen LogP contribution in [0.2, 0.25) is 0 Å². The molecule has 1 aliphatic rings. The maximum atomic E-state index is 8.59. The van der Waals surface area contributed by atoms with Crippen LogP contribution >= 0.6 is 0 Å². The Morgan fingerprint density at radius 2 is 2.17 bits per heavy atom. The zero-order chi connectivity index (χ0) is 13.6. The fourth-order valence-electron chi connectivity index (χ4n) is 2.48. The van der Waals surface area contributed by atoms with Crippen molar-refractivity contribution in [3.63, 3.8) is 0 Å². The molecule has 0 aromatic rings. The number of hydrogen-bond donors (Lipinski definition) is 1. The molecule has 98 valence electrons. The van der Waals surface area contributed by atoms with Gasteiger partial charge in [0.2, 0.25) is 0 Å². The minimum atomic E-state index is -0.0786. The van der Waals surface area contributed by atoms with Crippen LogP contribution in [-0.2, 0) is 0 Å². The van der Waals surface area contributed by atoms with Crippen LogP contribution in [0.1, 0.15) is 47.0 Å². The molecule has 0 atom stereocenters. The second kappa shape index (κ2) is 6.61. The first-order valence-corrected chi connectivity index (χ1v) is 6.61. The number of allylic oxidation sites excluding steroid dienone is 6. The molecular weight excluding hydrogens is 220 g/mol. The second-order valence-electron chi connectivity index (χ2n) is 5.63. The van der Waals surface area contributed by atoms with Gasteiger partial charge in [-0.25, -0.2) is 0 Å². The molecule has 1 heteroatoms. The number of aliphatic hydroxyl groups excluding tert-OH is 1.